The smallest absolute Gasteiger partial charge is 0.411 e. The Bertz CT molecular complexity index is 947. The number of likely N-dealkylation sites (tertiary alicyclic amines) is 1. The highest BCUT2D eigenvalue weighted by molar-refractivity contribution is 5.70. The van der Waals surface area contributed by atoms with E-state index < -0.39 is 11.2 Å². The molecule has 2 heterocycles. The fourth-order valence-electron chi connectivity index (χ4n) is 5.64. The van der Waals surface area contributed by atoms with Crippen LogP contribution in [0.5, 0.6) is 0 Å². The fourth-order valence-corrected chi connectivity index (χ4v) is 5.64. The topological polar surface area (TPSA) is 53.0 Å². The largest absolute Gasteiger partial charge is 0.438 e. The molecule has 0 aliphatic carbocycles. The van der Waals surface area contributed by atoms with Gasteiger partial charge in [0.2, 0.25) is 0 Å². The molecule has 2 atom stereocenters. The maximum Gasteiger partial charge on any atom is 0.411 e. The van der Waals surface area contributed by atoms with Crippen molar-refractivity contribution in [1.29, 1.82) is 0 Å². The number of rotatable bonds is 6. The summed E-state index contributed by atoms with van der Waals surface area (Å²) in [6, 6.07) is 18.4. The first-order valence-electron chi connectivity index (χ1n) is 12.2. The van der Waals surface area contributed by atoms with Crippen LogP contribution in [0, 0.1) is 0 Å². The lowest BCUT2D eigenvalue weighted by Gasteiger charge is -2.45. The second kappa shape index (κ2) is 9.47. The van der Waals surface area contributed by atoms with E-state index in [9.17, 15) is 9.90 Å². The molecule has 0 bridgehead atoms. The number of benzene rings is 2. The number of carbonyl (C=O) groups excluding carboxylic acids is 1. The van der Waals surface area contributed by atoms with Gasteiger partial charge in [-0.15, -0.1) is 0 Å². The van der Waals surface area contributed by atoms with Crippen LogP contribution in [-0.4, -0.2) is 53.3 Å². The predicted octanol–water partition coefficient (Wildman–Crippen LogP) is 5.46. The molecule has 0 radical (unpaired) electrons. The average molecular weight is 451 g/mol. The van der Waals surface area contributed by atoms with Crippen LogP contribution in [0.25, 0.3) is 0 Å². The van der Waals surface area contributed by atoms with Crippen LogP contribution in [-0.2, 0) is 10.3 Å². The van der Waals surface area contributed by atoms with Gasteiger partial charge in [-0.25, -0.2) is 4.79 Å². The van der Waals surface area contributed by atoms with Crippen LogP contribution in [0.4, 0.5) is 4.79 Å². The van der Waals surface area contributed by atoms with Gasteiger partial charge in [0.15, 0.2) is 0 Å². The third-order valence-electron chi connectivity index (χ3n) is 7.36. The fraction of sp³-hybridized carbons (Fsp3) is 0.536. The Hall–Kier alpha value is -2.37. The number of nitrogens with zero attached hydrogens (tertiary/aromatic N) is 2. The van der Waals surface area contributed by atoms with Gasteiger partial charge in [0.25, 0.3) is 0 Å². The summed E-state index contributed by atoms with van der Waals surface area (Å²) in [4.78, 5) is 17.7. The summed E-state index contributed by atoms with van der Waals surface area (Å²) in [5.41, 5.74) is 1.76. The van der Waals surface area contributed by atoms with E-state index in [4.69, 9.17) is 4.74 Å². The van der Waals surface area contributed by atoms with Crippen molar-refractivity contribution < 1.29 is 14.6 Å². The van der Waals surface area contributed by atoms with Gasteiger partial charge < -0.3 is 19.6 Å². The van der Waals surface area contributed by atoms with E-state index in [0.29, 0.717) is 25.3 Å². The van der Waals surface area contributed by atoms with Crippen LogP contribution in [0.1, 0.15) is 75.1 Å². The van der Waals surface area contributed by atoms with Crippen molar-refractivity contribution in [3.8, 4) is 0 Å². The van der Waals surface area contributed by atoms with Crippen LogP contribution >= 0.6 is 0 Å². The predicted molar refractivity (Wildman–Crippen MR) is 131 cm³/mol. The zero-order chi connectivity index (χ0) is 23.6. The summed E-state index contributed by atoms with van der Waals surface area (Å²) in [5.74, 6) is 0.527. The molecule has 2 aromatic rings. The highest BCUT2D eigenvalue weighted by Crippen LogP contribution is 2.43. The lowest BCUT2D eigenvalue weighted by atomic mass is 9.79. The summed E-state index contributed by atoms with van der Waals surface area (Å²) >= 11 is 0. The van der Waals surface area contributed by atoms with Crippen molar-refractivity contribution in [2.45, 2.75) is 69.6 Å². The molecule has 1 N–H and O–H groups in total. The number of piperidine rings is 1. The van der Waals surface area contributed by atoms with Crippen molar-refractivity contribution in [3.05, 3.63) is 71.3 Å². The summed E-state index contributed by atoms with van der Waals surface area (Å²) in [5, 5.41) is 10.6. The molecule has 2 saturated heterocycles. The maximum atomic E-state index is 13.4. The number of hydrogen-bond acceptors (Lipinski definition) is 4. The first kappa shape index (κ1) is 23.8. The molecule has 2 aliphatic rings. The molecule has 5 heteroatoms. The number of hydrogen-bond donors (Lipinski definition) is 1. The third-order valence-corrected chi connectivity index (χ3v) is 7.36. The second-order valence-electron chi connectivity index (χ2n) is 10.5. The molecule has 0 spiro atoms. The number of amides is 1. The van der Waals surface area contributed by atoms with E-state index in [1.54, 1.807) is 13.8 Å². The highest BCUT2D eigenvalue weighted by Gasteiger charge is 2.46. The van der Waals surface area contributed by atoms with Gasteiger partial charge in [-0.3, -0.25) is 0 Å². The lowest BCUT2D eigenvalue weighted by Crippen LogP contribution is -2.51. The normalized spacial score (nSPS) is 23.9. The van der Waals surface area contributed by atoms with Gasteiger partial charge in [0.05, 0.1) is 11.6 Å². The first-order valence-corrected chi connectivity index (χ1v) is 12.2. The number of cyclic esters (lactones) is 1. The zero-order valence-corrected chi connectivity index (χ0v) is 20.5. The monoisotopic (exact) mass is 450 g/mol. The van der Waals surface area contributed by atoms with Crippen molar-refractivity contribution >= 4 is 6.09 Å². The minimum atomic E-state index is -0.954. The SMILES string of the molecule is CC(c1ccccc1C1CCN(C)CC1)N1CC[C@](CC(C)(C)O)(c2ccccc2)OC1=O. The molecule has 4 rings (SSSR count). The molecule has 1 unspecified atom stereocenters. The van der Waals surface area contributed by atoms with Crippen molar-refractivity contribution in [2.24, 2.45) is 0 Å². The molecule has 2 aromatic carbocycles. The standard InChI is InChI=1S/C28H38N2O3/c1-21(24-12-8-9-13-25(24)22-14-17-29(4)18-15-22)30-19-16-28(33-26(30)31,20-27(2,3)32)23-10-6-5-7-11-23/h5-13,21-22,32H,14-20H2,1-4H3/t21?,28-/m0/s1. The molecule has 1 amide bonds. The molecule has 0 saturated carbocycles. The van der Waals surface area contributed by atoms with Crippen molar-refractivity contribution in [1.82, 2.24) is 9.80 Å². The first-order chi connectivity index (χ1) is 15.7. The van der Waals surface area contributed by atoms with E-state index in [-0.39, 0.29) is 12.1 Å². The van der Waals surface area contributed by atoms with Gasteiger partial charge in [-0.1, -0.05) is 54.6 Å². The van der Waals surface area contributed by atoms with Gasteiger partial charge >= 0.3 is 6.09 Å². The lowest BCUT2D eigenvalue weighted by molar-refractivity contribution is -0.101. The Kier molecular flexibility index (Phi) is 6.83. The summed E-state index contributed by atoms with van der Waals surface area (Å²) in [6.45, 7) is 8.47. The Balaban J connectivity index is 1.57. The van der Waals surface area contributed by atoms with Gasteiger partial charge in [0, 0.05) is 19.4 Å². The zero-order valence-electron chi connectivity index (χ0n) is 20.5. The van der Waals surface area contributed by atoms with Crippen LogP contribution < -0.4 is 0 Å². The Labute approximate surface area is 198 Å². The molecular weight excluding hydrogens is 412 g/mol. The van der Waals surface area contributed by atoms with Gasteiger partial charge in [-0.05, 0) is 76.4 Å². The Morgan fingerprint density at radius 2 is 1.70 bits per heavy atom. The minimum Gasteiger partial charge on any atom is -0.438 e. The maximum absolute atomic E-state index is 13.4. The van der Waals surface area contributed by atoms with Crippen molar-refractivity contribution in [3.63, 3.8) is 0 Å². The van der Waals surface area contributed by atoms with E-state index in [0.717, 1.165) is 31.5 Å². The third kappa shape index (κ3) is 5.25. The Morgan fingerprint density at radius 1 is 1.06 bits per heavy atom. The van der Waals surface area contributed by atoms with Crippen LogP contribution in [0.2, 0.25) is 0 Å². The molecule has 2 aliphatic heterocycles. The average Bonchev–Trinajstić information content (AvgIpc) is 2.79. The van der Waals surface area contributed by atoms with E-state index in [1.807, 2.05) is 35.2 Å². The molecule has 2 fully saturated rings. The van der Waals surface area contributed by atoms with Gasteiger partial charge in [0.1, 0.15) is 5.60 Å². The summed E-state index contributed by atoms with van der Waals surface area (Å²) in [7, 11) is 2.18. The van der Waals surface area contributed by atoms with E-state index >= 15 is 0 Å². The quantitative estimate of drug-likeness (QED) is 0.635. The number of ether oxygens (including phenoxy) is 1. The van der Waals surface area contributed by atoms with Crippen LogP contribution in [0.3, 0.4) is 0 Å². The Morgan fingerprint density at radius 3 is 2.33 bits per heavy atom. The molecule has 0 aromatic heterocycles. The van der Waals surface area contributed by atoms with Crippen molar-refractivity contribution in [2.75, 3.05) is 26.7 Å². The summed E-state index contributed by atoms with van der Waals surface area (Å²) in [6.07, 6.45) is 3.00. The van der Waals surface area contributed by atoms with E-state index in [2.05, 4.69) is 43.1 Å². The highest BCUT2D eigenvalue weighted by atomic mass is 16.6. The van der Waals surface area contributed by atoms with Crippen LogP contribution in [0.15, 0.2) is 54.6 Å². The molecular formula is C28H38N2O3. The minimum absolute atomic E-state index is 0.0655. The number of carbonyl (C=O) groups is 1. The number of aliphatic hydroxyl groups is 1. The van der Waals surface area contributed by atoms with E-state index in [1.165, 1.54) is 11.1 Å². The van der Waals surface area contributed by atoms with Gasteiger partial charge in [-0.2, -0.15) is 0 Å². The molecule has 178 valence electrons. The molecule has 33 heavy (non-hydrogen) atoms. The second-order valence-corrected chi connectivity index (χ2v) is 10.5. The molecule has 5 nitrogen and oxygen atoms in total. The summed E-state index contributed by atoms with van der Waals surface area (Å²) < 4.78 is 6.21.